The van der Waals surface area contributed by atoms with Crippen LogP contribution < -0.4 is 10.1 Å². The number of amides is 2. The first-order valence-corrected chi connectivity index (χ1v) is 11.3. The molecular formula is C25H33ClN2O3. The van der Waals surface area contributed by atoms with E-state index in [0.717, 1.165) is 29.5 Å². The number of carbonyl (C=O) groups is 2. The van der Waals surface area contributed by atoms with Crippen LogP contribution in [0.3, 0.4) is 0 Å². The summed E-state index contributed by atoms with van der Waals surface area (Å²) in [7, 11) is 0. The zero-order valence-corrected chi connectivity index (χ0v) is 19.7. The van der Waals surface area contributed by atoms with E-state index in [0.29, 0.717) is 30.3 Å². The van der Waals surface area contributed by atoms with E-state index in [9.17, 15) is 9.59 Å². The van der Waals surface area contributed by atoms with E-state index >= 15 is 0 Å². The van der Waals surface area contributed by atoms with E-state index in [1.807, 2.05) is 63.2 Å². The van der Waals surface area contributed by atoms with Crippen molar-refractivity contribution in [1.29, 1.82) is 0 Å². The summed E-state index contributed by atoms with van der Waals surface area (Å²) in [5.74, 6) is 0.234. The summed E-state index contributed by atoms with van der Waals surface area (Å²) >= 11 is 6.23. The van der Waals surface area contributed by atoms with Crippen LogP contribution >= 0.6 is 11.6 Å². The van der Waals surface area contributed by atoms with Crippen molar-refractivity contribution in [3.05, 3.63) is 64.2 Å². The van der Waals surface area contributed by atoms with Crippen LogP contribution in [0.15, 0.2) is 42.5 Å². The molecule has 0 radical (unpaired) electrons. The number of aryl methyl sites for hydroxylation is 2. The van der Waals surface area contributed by atoms with Gasteiger partial charge < -0.3 is 15.0 Å². The van der Waals surface area contributed by atoms with E-state index in [2.05, 4.69) is 12.2 Å². The average Bonchev–Trinajstić information content (AvgIpc) is 2.76. The first-order valence-electron chi connectivity index (χ1n) is 10.9. The molecule has 0 saturated heterocycles. The van der Waals surface area contributed by atoms with Crippen LogP contribution in [-0.2, 0) is 16.1 Å². The molecule has 5 nitrogen and oxygen atoms in total. The highest BCUT2D eigenvalue weighted by Crippen LogP contribution is 2.26. The molecule has 1 N–H and O–H groups in total. The van der Waals surface area contributed by atoms with Gasteiger partial charge in [0.1, 0.15) is 11.8 Å². The molecule has 0 bridgehead atoms. The largest absolute Gasteiger partial charge is 0.484 e. The van der Waals surface area contributed by atoms with Gasteiger partial charge in [-0.15, -0.1) is 0 Å². The lowest BCUT2D eigenvalue weighted by atomic mass is 10.1. The number of ether oxygens (including phenoxy) is 1. The average molecular weight is 445 g/mol. The van der Waals surface area contributed by atoms with Crippen molar-refractivity contribution >= 4 is 23.4 Å². The number of carbonyl (C=O) groups excluding carboxylic acids is 2. The minimum absolute atomic E-state index is 0.126. The first-order chi connectivity index (χ1) is 14.9. The highest BCUT2D eigenvalue weighted by atomic mass is 35.5. The number of unbranched alkanes of at least 4 members (excludes halogenated alkanes) is 1. The maximum Gasteiger partial charge on any atom is 0.261 e. The lowest BCUT2D eigenvalue weighted by Crippen LogP contribution is -2.50. The second-order valence-corrected chi connectivity index (χ2v) is 8.11. The number of rotatable bonds is 11. The van der Waals surface area contributed by atoms with Crippen molar-refractivity contribution in [2.24, 2.45) is 0 Å². The van der Waals surface area contributed by atoms with Crippen molar-refractivity contribution in [3.8, 4) is 5.75 Å². The van der Waals surface area contributed by atoms with Crippen molar-refractivity contribution in [3.63, 3.8) is 0 Å². The van der Waals surface area contributed by atoms with Crippen LogP contribution in [0.2, 0.25) is 5.02 Å². The smallest absolute Gasteiger partial charge is 0.261 e. The van der Waals surface area contributed by atoms with Crippen LogP contribution in [0.25, 0.3) is 0 Å². The van der Waals surface area contributed by atoms with Gasteiger partial charge in [0.25, 0.3) is 5.91 Å². The summed E-state index contributed by atoms with van der Waals surface area (Å²) in [5.41, 5.74) is 2.76. The highest BCUT2D eigenvalue weighted by Gasteiger charge is 2.28. The summed E-state index contributed by atoms with van der Waals surface area (Å²) in [6, 6.07) is 12.8. The Bertz CT molecular complexity index is 847. The maximum absolute atomic E-state index is 13.2. The Labute approximate surface area is 190 Å². The SMILES string of the molecule is CCCCNC(=O)[C@@H](CC)N(Cc1ccccc1)C(=O)COc1cc(C)c(Cl)c(C)c1. The minimum atomic E-state index is -0.554. The second-order valence-electron chi connectivity index (χ2n) is 7.74. The first kappa shape index (κ1) is 24.7. The number of halogens is 1. The molecule has 6 heteroatoms. The molecule has 0 unspecified atom stereocenters. The molecule has 2 amide bonds. The number of nitrogens with one attached hydrogen (secondary N) is 1. The van der Waals surface area contributed by atoms with Gasteiger partial charge in [0, 0.05) is 18.1 Å². The zero-order valence-electron chi connectivity index (χ0n) is 18.9. The van der Waals surface area contributed by atoms with Crippen LogP contribution in [0.5, 0.6) is 5.75 Å². The van der Waals surface area contributed by atoms with Gasteiger partial charge in [-0.25, -0.2) is 0 Å². The van der Waals surface area contributed by atoms with Crippen molar-refractivity contribution in [2.45, 2.75) is 59.5 Å². The van der Waals surface area contributed by atoms with E-state index < -0.39 is 6.04 Å². The molecule has 0 aromatic heterocycles. The Morgan fingerprint density at radius 2 is 1.74 bits per heavy atom. The van der Waals surface area contributed by atoms with Crippen molar-refractivity contribution < 1.29 is 14.3 Å². The molecule has 31 heavy (non-hydrogen) atoms. The normalized spacial score (nSPS) is 11.6. The third-order valence-electron chi connectivity index (χ3n) is 5.18. The van der Waals surface area contributed by atoms with Crippen LogP contribution in [0.4, 0.5) is 0 Å². The van der Waals surface area contributed by atoms with Gasteiger partial charge in [0.2, 0.25) is 5.91 Å². The van der Waals surface area contributed by atoms with Crippen LogP contribution in [0, 0.1) is 13.8 Å². The predicted octanol–water partition coefficient (Wildman–Crippen LogP) is 5.06. The quantitative estimate of drug-likeness (QED) is 0.493. The fraction of sp³-hybridized carbons (Fsp3) is 0.440. The predicted molar refractivity (Wildman–Crippen MR) is 125 cm³/mol. The van der Waals surface area contributed by atoms with Gasteiger partial charge in [-0.3, -0.25) is 9.59 Å². The van der Waals surface area contributed by atoms with Gasteiger partial charge >= 0.3 is 0 Å². The number of hydrogen-bond acceptors (Lipinski definition) is 3. The number of nitrogens with zero attached hydrogens (tertiary/aromatic N) is 1. The molecule has 0 aliphatic rings. The molecule has 0 aliphatic carbocycles. The van der Waals surface area contributed by atoms with Gasteiger partial charge in [-0.1, -0.05) is 62.2 Å². The zero-order chi connectivity index (χ0) is 22.8. The molecule has 2 aromatic carbocycles. The molecule has 2 rings (SSSR count). The van der Waals surface area contributed by atoms with Gasteiger partial charge in [0.15, 0.2) is 6.61 Å². The molecule has 168 valence electrons. The molecule has 0 fully saturated rings. The van der Waals surface area contributed by atoms with E-state index in [-0.39, 0.29) is 18.4 Å². The minimum Gasteiger partial charge on any atom is -0.484 e. The van der Waals surface area contributed by atoms with Gasteiger partial charge in [-0.2, -0.15) is 0 Å². The Morgan fingerprint density at radius 3 is 2.32 bits per heavy atom. The number of benzene rings is 2. The summed E-state index contributed by atoms with van der Waals surface area (Å²) in [5, 5.41) is 3.66. The van der Waals surface area contributed by atoms with Crippen LogP contribution in [-0.4, -0.2) is 35.9 Å². The molecule has 0 spiro atoms. The molecule has 0 aliphatic heterocycles. The lowest BCUT2D eigenvalue weighted by molar-refractivity contribution is -0.143. The standard InChI is InChI=1S/C25H33ClN2O3/c1-5-7-13-27-25(30)22(6-2)28(16-20-11-9-8-10-12-20)23(29)17-31-21-14-18(3)24(26)19(4)15-21/h8-12,14-15,22H,5-7,13,16-17H2,1-4H3,(H,27,30)/t22-/m1/s1. The van der Waals surface area contributed by atoms with Crippen LogP contribution in [0.1, 0.15) is 49.8 Å². The van der Waals surface area contributed by atoms with Crippen molar-refractivity contribution in [2.75, 3.05) is 13.2 Å². The Hall–Kier alpha value is -2.53. The molecule has 0 saturated carbocycles. The highest BCUT2D eigenvalue weighted by molar-refractivity contribution is 6.32. The monoisotopic (exact) mass is 444 g/mol. The third kappa shape index (κ3) is 7.28. The fourth-order valence-electron chi connectivity index (χ4n) is 3.42. The Kier molecular flexibility index (Phi) is 9.86. The Balaban J connectivity index is 2.17. The Morgan fingerprint density at radius 1 is 1.10 bits per heavy atom. The fourth-order valence-corrected chi connectivity index (χ4v) is 3.53. The molecule has 0 heterocycles. The molecule has 1 atom stereocenters. The summed E-state index contributed by atoms with van der Waals surface area (Å²) in [4.78, 5) is 27.6. The third-order valence-corrected chi connectivity index (χ3v) is 5.78. The van der Waals surface area contributed by atoms with E-state index in [1.165, 1.54) is 0 Å². The molecule has 2 aromatic rings. The van der Waals surface area contributed by atoms with Gasteiger partial charge in [0.05, 0.1) is 0 Å². The van der Waals surface area contributed by atoms with E-state index in [1.54, 1.807) is 4.90 Å². The topological polar surface area (TPSA) is 58.6 Å². The summed E-state index contributed by atoms with van der Waals surface area (Å²) < 4.78 is 5.79. The lowest BCUT2D eigenvalue weighted by Gasteiger charge is -2.30. The van der Waals surface area contributed by atoms with Gasteiger partial charge in [-0.05, 0) is 55.5 Å². The second kappa shape index (κ2) is 12.4. The van der Waals surface area contributed by atoms with Crippen molar-refractivity contribution in [1.82, 2.24) is 10.2 Å². The van der Waals surface area contributed by atoms with E-state index in [4.69, 9.17) is 16.3 Å². The molecular weight excluding hydrogens is 412 g/mol. The maximum atomic E-state index is 13.2. The number of hydrogen-bond donors (Lipinski definition) is 1. The summed E-state index contributed by atoms with van der Waals surface area (Å²) in [6.07, 6.45) is 2.43. The summed E-state index contributed by atoms with van der Waals surface area (Å²) in [6.45, 7) is 8.61.